The molecule has 0 saturated carbocycles. The number of hydrogen-bond donors (Lipinski definition) is 0. The first-order valence-electron chi connectivity index (χ1n) is 3.95. The molecule has 0 N–H and O–H groups in total. The van der Waals surface area contributed by atoms with Crippen molar-refractivity contribution >= 4 is 51.4 Å². The lowest BCUT2D eigenvalue weighted by Gasteiger charge is -1.94. The molecule has 1 aliphatic rings. The molecule has 0 unspecified atom stereocenters. The fourth-order valence-corrected chi connectivity index (χ4v) is 2.15. The predicted octanol–water partition coefficient (Wildman–Crippen LogP) is 0.590. The van der Waals surface area contributed by atoms with E-state index in [4.69, 9.17) is 19.4 Å². The number of imidazole rings is 1. The normalized spacial score (nSPS) is 13.9. The van der Waals surface area contributed by atoms with Gasteiger partial charge in [0, 0.05) is 11.1 Å². The average Bonchev–Trinajstić information content (AvgIpc) is 2.67. The Balaban J connectivity index is 2.44. The van der Waals surface area contributed by atoms with Crippen molar-refractivity contribution in [2.75, 3.05) is 0 Å². The van der Waals surface area contributed by atoms with Gasteiger partial charge in [-0.25, -0.2) is 9.66 Å². The summed E-state index contributed by atoms with van der Waals surface area (Å²) in [6.07, 6.45) is 0. The van der Waals surface area contributed by atoms with Gasteiger partial charge in [0.2, 0.25) is 0 Å². The Labute approximate surface area is 89.8 Å². The Morgan fingerprint density at radius 1 is 1.43 bits per heavy atom. The first-order valence-corrected chi connectivity index (χ1v) is 5.10. The first-order chi connectivity index (χ1) is 6.75. The summed E-state index contributed by atoms with van der Waals surface area (Å²) >= 11 is 7.15. The third-order valence-corrected chi connectivity index (χ3v) is 3.00. The van der Waals surface area contributed by atoms with E-state index >= 15 is 0 Å². The molecule has 3 rings (SSSR count). The molecule has 2 aromatic rings. The molecule has 2 heterocycles. The molecule has 0 saturated heterocycles. The second-order valence-electron chi connectivity index (χ2n) is 2.94. The van der Waals surface area contributed by atoms with E-state index in [1.807, 2.05) is 18.2 Å². The highest BCUT2D eigenvalue weighted by atomic mass is 35.5. The van der Waals surface area contributed by atoms with Gasteiger partial charge in [0.15, 0.2) is 10.1 Å². The zero-order valence-electron chi connectivity index (χ0n) is 6.94. The van der Waals surface area contributed by atoms with E-state index in [2.05, 4.69) is 9.46 Å². The smallest absolute Gasteiger partial charge is 0.186 e. The van der Waals surface area contributed by atoms with Crippen molar-refractivity contribution in [2.24, 2.45) is 4.47 Å². The predicted molar refractivity (Wildman–Crippen MR) is 60.3 cm³/mol. The van der Waals surface area contributed by atoms with Crippen molar-refractivity contribution in [1.82, 2.24) is 9.66 Å². The fourth-order valence-electron chi connectivity index (χ4n) is 1.41. The van der Waals surface area contributed by atoms with Gasteiger partial charge in [0.05, 0.1) is 11.0 Å². The fraction of sp³-hybridized carbons (Fsp3) is 0. The molecule has 0 atom stereocenters. The summed E-state index contributed by atoms with van der Waals surface area (Å²) in [5.41, 5.74) is 2.45. The molecule has 0 amide bonds. The molecule has 1 aromatic carbocycles. The van der Waals surface area contributed by atoms with Crippen LogP contribution in [0.25, 0.3) is 11.0 Å². The number of fused-ring (bicyclic) bond motifs is 3. The topological polar surface area (TPSA) is 30.2 Å². The molecule has 66 valence electrons. The van der Waals surface area contributed by atoms with Gasteiger partial charge in [0.25, 0.3) is 0 Å². The van der Waals surface area contributed by atoms with Crippen molar-refractivity contribution in [3.05, 3.63) is 24.0 Å². The van der Waals surface area contributed by atoms with E-state index in [1.54, 1.807) is 4.68 Å². The highest BCUT2D eigenvalue weighted by molar-refractivity contribution is 7.73. The Bertz CT molecular complexity index is 612. The zero-order valence-corrected chi connectivity index (χ0v) is 8.51. The van der Waals surface area contributed by atoms with E-state index in [-0.39, 0.29) is 0 Å². The molecule has 0 aliphatic carbocycles. The van der Waals surface area contributed by atoms with Gasteiger partial charge in [-0.1, -0.05) is 23.1 Å². The summed E-state index contributed by atoms with van der Waals surface area (Å²) in [7, 11) is 5.68. The van der Waals surface area contributed by atoms with Gasteiger partial charge in [-0.15, -0.1) is 4.47 Å². The van der Waals surface area contributed by atoms with Crippen molar-refractivity contribution < 1.29 is 0 Å². The molecule has 14 heavy (non-hydrogen) atoms. The molecule has 0 bridgehead atoms. The minimum Gasteiger partial charge on any atom is -0.225 e. The van der Waals surface area contributed by atoms with E-state index in [0.717, 1.165) is 11.0 Å². The number of aromatic nitrogens is 2. The van der Waals surface area contributed by atoms with Crippen LogP contribution in [0.5, 0.6) is 0 Å². The summed E-state index contributed by atoms with van der Waals surface area (Å²) in [6.45, 7) is 0. The van der Waals surface area contributed by atoms with E-state index in [1.165, 1.54) is 11.1 Å². The lowest BCUT2D eigenvalue weighted by Crippen LogP contribution is -2.01. The summed E-state index contributed by atoms with van der Waals surface area (Å²) in [5.74, 6) is 0.692. The maximum atomic E-state index is 5.93. The zero-order chi connectivity index (χ0) is 9.71. The second-order valence-corrected chi connectivity index (χ2v) is 4.30. The van der Waals surface area contributed by atoms with E-state index in [0.29, 0.717) is 15.6 Å². The number of rotatable bonds is 0. The first kappa shape index (κ1) is 8.26. The highest BCUT2D eigenvalue weighted by Crippen LogP contribution is 2.18. The van der Waals surface area contributed by atoms with Crippen LogP contribution in [0.1, 0.15) is 5.82 Å². The maximum Gasteiger partial charge on any atom is 0.186 e. The van der Waals surface area contributed by atoms with Gasteiger partial charge in [-0.2, -0.15) is 0 Å². The van der Waals surface area contributed by atoms with Crippen LogP contribution >= 0.6 is 11.6 Å². The van der Waals surface area contributed by atoms with E-state index in [9.17, 15) is 0 Å². The summed E-state index contributed by atoms with van der Waals surface area (Å²) in [4.78, 5) is 4.34. The van der Waals surface area contributed by atoms with Crippen molar-refractivity contribution in [3.8, 4) is 0 Å². The standard InChI is InChI=1S/C8H3BClN3S/c9-4-1-2-5-6(3-4)13-8(11-5)7(10)14-12-13/h1-3H. The van der Waals surface area contributed by atoms with Crippen LogP contribution < -0.4 is 5.46 Å². The van der Waals surface area contributed by atoms with Gasteiger partial charge in [0.1, 0.15) is 7.85 Å². The molecule has 0 spiro atoms. The Morgan fingerprint density at radius 3 is 3.14 bits per heavy atom. The number of hydrogen-bond acceptors (Lipinski definition) is 2. The Kier molecular flexibility index (Phi) is 1.60. The molecule has 3 nitrogen and oxygen atoms in total. The van der Waals surface area contributed by atoms with Crippen LogP contribution in [-0.2, 0) is 11.1 Å². The molecule has 2 radical (unpaired) electrons. The molecular weight excluding hydrogens is 216 g/mol. The third-order valence-electron chi connectivity index (χ3n) is 2.03. The SMILES string of the molecule is [B]c1ccc2nc3n(c2c1)N=S=C3Cl. The van der Waals surface area contributed by atoms with Crippen LogP contribution in [0.3, 0.4) is 0 Å². The summed E-state index contributed by atoms with van der Waals surface area (Å²) < 4.78 is 6.46. The monoisotopic (exact) mass is 219 g/mol. The summed E-state index contributed by atoms with van der Waals surface area (Å²) in [6, 6.07) is 5.51. The lowest BCUT2D eigenvalue weighted by molar-refractivity contribution is 0.927. The van der Waals surface area contributed by atoms with Crippen LogP contribution in [0.4, 0.5) is 0 Å². The molecular formula is C8H3BClN3S. The third kappa shape index (κ3) is 0.995. The quantitative estimate of drug-likeness (QED) is 0.362. The maximum absolute atomic E-state index is 5.93. The molecule has 0 fully saturated rings. The minimum atomic E-state index is 0.597. The van der Waals surface area contributed by atoms with Crippen molar-refractivity contribution in [1.29, 1.82) is 0 Å². The number of benzene rings is 1. The number of halogens is 1. The second kappa shape index (κ2) is 2.71. The molecule has 1 aliphatic heterocycles. The molecule has 6 heteroatoms. The van der Waals surface area contributed by atoms with Crippen LogP contribution in [-0.4, -0.2) is 21.8 Å². The summed E-state index contributed by atoms with van der Waals surface area (Å²) in [5, 5.41) is 0. The molecule has 1 aromatic heterocycles. The lowest BCUT2D eigenvalue weighted by atomic mass is 9.96. The minimum absolute atomic E-state index is 0.597. The van der Waals surface area contributed by atoms with E-state index < -0.39 is 0 Å². The van der Waals surface area contributed by atoms with Gasteiger partial charge in [-0.05, 0) is 12.1 Å². The van der Waals surface area contributed by atoms with Crippen LogP contribution in [0, 0.1) is 0 Å². The van der Waals surface area contributed by atoms with Crippen LogP contribution in [0.15, 0.2) is 22.7 Å². The van der Waals surface area contributed by atoms with Gasteiger partial charge < -0.3 is 0 Å². The van der Waals surface area contributed by atoms with Gasteiger partial charge in [-0.3, -0.25) is 0 Å². The Hall–Kier alpha value is -1.07. The average molecular weight is 219 g/mol. The van der Waals surface area contributed by atoms with Gasteiger partial charge >= 0.3 is 0 Å². The van der Waals surface area contributed by atoms with Crippen molar-refractivity contribution in [2.45, 2.75) is 0 Å². The highest BCUT2D eigenvalue weighted by Gasteiger charge is 2.16. The largest absolute Gasteiger partial charge is 0.225 e. The Morgan fingerprint density at radius 2 is 2.29 bits per heavy atom. The van der Waals surface area contributed by atoms with Crippen LogP contribution in [0.2, 0.25) is 0 Å². The van der Waals surface area contributed by atoms with Crippen molar-refractivity contribution in [3.63, 3.8) is 0 Å². The number of nitrogens with zero attached hydrogens (tertiary/aromatic N) is 3.